The number of carbonyl (C=O) groups excluding carboxylic acids is 1. The Morgan fingerprint density at radius 3 is 2.85 bits per heavy atom. The highest BCUT2D eigenvalue weighted by molar-refractivity contribution is 5.76. The third-order valence-corrected chi connectivity index (χ3v) is 5.06. The summed E-state index contributed by atoms with van der Waals surface area (Å²) >= 11 is 0. The van der Waals surface area contributed by atoms with Crippen LogP contribution in [0.5, 0.6) is 5.75 Å². The van der Waals surface area contributed by atoms with E-state index in [1.165, 1.54) is 17.6 Å². The van der Waals surface area contributed by atoms with E-state index in [1.807, 2.05) is 11.0 Å². The third-order valence-electron chi connectivity index (χ3n) is 5.06. The van der Waals surface area contributed by atoms with Gasteiger partial charge in [-0.1, -0.05) is 19.1 Å². The average Bonchev–Trinajstić information content (AvgIpc) is 2.80. The summed E-state index contributed by atoms with van der Waals surface area (Å²) in [7, 11) is 0. The van der Waals surface area contributed by atoms with Gasteiger partial charge in [-0.15, -0.1) is 0 Å². The summed E-state index contributed by atoms with van der Waals surface area (Å²) in [5.74, 6) is 1.91. The number of hydrogen-bond donors (Lipinski definition) is 0. The van der Waals surface area contributed by atoms with Crippen LogP contribution < -0.4 is 4.74 Å². The van der Waals surface area contributed by atoms with Crippen LogP contribution in [0.2, 0.25) is 0 Å². The minimum atomic E-state index is -0.238. The number of nitrogens with zero attached hydrogens (tertiary/aromatic N) is 3. The molecule has 5 nitrogen and oxygen atoms in total. The van der Waals surface area contributed by atoms with Crippen molar-refractivity contribution < 1.29 is 9.53 Å². The molecule has 2 heterocycles. The number of rotatable bonds is 3. The van der Waals surface area contributed by atoms with Crippen molar-refractivity contribution in [1.82, 2.24) is 14.9 Å². The zero-order chi connectivity index (χ0) is 17.9. The van der Waals surface area contributed by atoms with Gasteiger partial charge in [0.1, 0.15) is 11.6 Å². The second-order valence-corrected chi connectivity index (χ2v) is 7.22. The van der Waals surface area contributed by atoms with Crippen molar-refractivity contribution in [2.75, 3.05) is 6.54 Å². The molecule has 4 rings (SSSR count). The van der Waals surface area contributed by atoms with Crippen molar-refractivity contribution >= 4 is 11.5 Å². The van der Waals surface area contributed by atoms with Crippen LogP contribution in [0.3, 0.4) is 0 Å². The first-order valence-corrected chi connectivity index (χ1v) is 9.18. The van der Waals surface area contributed by atoms with Crippen LogP contribution in [0.15, 0.2) is 42.7 Å². The fourth-order valence-electron chi connectivity index (χ4n) is 3.59. The van der Waals surface area contributed by atoms with Gasteiger partial charge in [0.25, 0.3) is 0 Å². The predicted molar refractivity (Wildman–Crippen MR) is 99.2 cm³/mol. The first kappa shape index (κ1) is 16.9. The van der Waals surface area contributed by atoms with Crippen LogP contribution in [0, 0.1) is 5.92 Å². The van der Waals surface area contributed by atoms with Crippen LogP contribution >= 0.6 is 0 Å². The summed E-state index contributed by atoms with van der Waals surface area (Å²) in [6.07, 6.45) is 9.28. The Morgan fingerprint density at radius 2 is 2.08 bits per heavy atom. The molecule has 1 aromatic carbocycles. The molecule has 1 aromatic heterocycles. The Morgan fingerprint density at radius 1 is 1.23 bits per heavy atom. The number of fused-ring (bicyclic) bond motifs is 1. The topological polar surface area (TPSA) is 55.3 Å². The predicted octanol–water partition coefficient (Wildman–Crippen LogP) is 3.60. The summed E-state index contributed by atoms with van der Waals surface area (Å²) in [4.78, 5) is 22.7. The molecule has 0 bridgehead atoms. The van der Waals surface area contributed by atoms with Crippen molar-refractivity contribution in [3.05, 3.63) is 59.7 Å². The lowest BCUT2D eigenvalue weighted by Crippen LogP contribution is -2.29. The largest absolute Gasteiger partial charge is 0.425 e. The van der Waals surface area contributed by atoms with Gasteiger partial charge in [-0.25, -0.2) is 9.97 Å². The molecule has 0 fully saturated rings. The van der Waals surface area contributed by atoms with Crippen LogP contribution in [0.1, 0.15) is 43.1 Å². The minimum Gasteiger partial charge on any atom is -0.425 e. The van der Waals surface area contributed by atoms with Gasteiger partial charge >= 0.3 is 5.97 Å². The molecule has 5 heteroatoms. The van der Waals surface area contributed by atoms with Gasteiger partial charge in [0.2, 0.25) is 0 Å². The fourth-order valence-corrected chi connectivity index (χ4v) is 3.59. The minimum absolute atomic E-state index is 0.238. The number of allylic oxidation sites excluding steroid dienone is 2. The molecule has 2 aliphatic rings. The van der Waals surface area contributed by atoms with Gasteiger partial charge in [0.05, 0.1) is 13.1 Å². The van der Waals surface area contributed by atoms with Gasteiger partial charge in [0, 0.05) is 24.5 Å². The van der Waals surface area contributed by atoms with Crippen molar-refractivity contribution in [2.45, 2.75) is 39.3 Å². The lowest BCUT2D eigenvalue weighted by molar-refractivity contribution is -0.135. The number of hydrogen-bond acceptors (Lipinski definition) is 5. The van der Waals surface area contributed by atoms with Gasteiger partial charge in [-0.3, -0.25) is 9.69 Å². The maximum absolute atomic E-state index is 12.2. The molecule has 0 radical (unpaired) electrons. The normalized spacial score (nSPS) is 20.7. The van der Waals surface area contributed by atoms with Gasteiger partial charge in [-0.2, -0.15) is 0 Å². The SMILES string of the molecule is CC1CC=C(c2ccc3c(c2)CN(Cc2ncccn2)CC(=O)O3)CC1. The summed E-state index contributed by atoms with van der Waals surface area (Å²) in [6.45, 7) is 3.71. The molecule has 134 valence electrons. The second kappa shape index (κ2) is 7.38. The van der Waals surface area contributed by atoms with Crippen molar-refractivity contribution in [3.8, 4) is 5.75 Å². The Balaban J connectivity index is 1.58. The Labute approximate surface area is 153 Å². The molecule has 1 aliphatic carbocycles. The van der Waals surface area contributed by atoms with Crippen molar-refractivity contribution in [1.29, 1.82) is 0 Å². The smallest absolute Gasteiger partial charge is 0.325 e. The first-order chi connectivity index (χ1) is 12.7. The fraction of sp³-hybridized carbons (Fsp3) is 0.381. The number of esters is 1. The molecule has 1 aliphatic heterocycles. The van der Waals surface area contributed by atoms with Crippen molar-refractivity contribution in [2.24, 2.45) is 5.92 Å². The zero-order valence-corrected chi connectivity index (χ0v) is 15.0. The van der Waals surface area contributed by atoms with Crippen molar-refractivity contribution in [3.63, 3.8) is 0 Å². The van der Waals surface area contributed by atoms with E-state index in [9.17, 15) is 4.79 Å². The number of aromatic nitrogens is 2. The lowest BCUT2D eigenvalue weighted by atomic mass is 9.87. The summed E-state index contributed by atoms with van der Waals surface area (Å²) in [5, 5.41) is 0. The lowest BCUT2D eigenvalue weighted by Gasteiger charge is -2.20. The molecular weight excluding hydrogens is 326 g/mol. The van der Waals surface area contributed by atoms with E-state index in [0.717, 1.165) is 24.3 Å². The molecular formula is C21H23N3O2. The van der Waals surface area contributed by atoms with E-state index in [-0.39, 0.29) is 12.5 Å². The maximum atomic E-state index is 12.2. The molecule has 0 saturated carbocycles. The summed E-state index contributed by atoms with van der Waals surface area (Å²) < 4.78 is 5.54. The quantitative estimate of drug-likeness (QED) is 0.626. The van der Waals surface area contributed by atoms with E-state index in [1.54, 1.807) is 18.5 Å². The molecule has 0 amide bonds. The van der Waals surface area contributed by atoms with E-state index in [0.29, 0.717) is 24.7 Å². The number of benzene rings is 1. The first-order valence-electron chi connectivity index (χ1n) is 9.18. The third kappa shape index (κ3) is 3.83. The van der Waals surface area contributed by atoms with Gasteiger partial charge in [-0.05, 0) is 54.5 Å². The number of carbonyl (C=O) groups is 1. The highest BCUT2D eigenvalue weighted by Gasteiger charge is 2.23. The summed E-state index contributed by atoms with van der Waals surface area (Å²) in [6, 6.07) is 7.98. The molecule has 0 saturated heterocycles. The van der Waals surface area contributed by atoms with E-state index >= 15 is 0 Å². The molecule has 26 heavy (non-hydrogen) atoms. The average molecular weight is 349 g/mol. The second-order valence-electron chi connectivity index (χ2n) is 7.22. The molecule has 1 unspecified atom stereocenters. The van der Waals surface area contributed by atoms with Crippen LogP contribution in [-0.2, 0) is 17.9 Å². The van der Waals surface area contributed by atoms with E-state index in [4.69, 9.17) is 4.74 Å². The van der Waals surface area contributed by atoms with E-state index < -0.39 is 0 Å². The van der Waals surface area contributed by atoms with Crippen LogP contribution in [0.25, 0.3) is 5.57 Å². The van der Waals surface area contributed by atoms with Gasteiger partial charge < -0.3 is 4.74 Å². The molecule has 1 atom stereocenters. The number of ether oxygens (including phenoxy) is 1. The molecule has 2 aromatic rings. The Hall–Kier alpha value is -2.53. The standard InChI is InChI=1S/C21H23N3O2/c1-15-3-5-16(6-4-15)17-7-8-19-18(11-17)12-24(14-21(25)26-19)13-20-22-9-2-10-23-20/h2,5,7-11,15H,3-4,6,12-14H2,1H3. The Kier molecular flexibility index (Phi) is 4.80. The molecule has 0 N–H and O–H groups in total. The monoisotopic (exact) mass is 349 g/mol. The summed E-state index contributed by atoms with van der Waals surface area (Å²) in [5.41, 5.74) is 3.69. The van der Waals surface area contributed by atoms with Crippen LogP contribution in [-0.4, -0.2) is 27.4 Å². The highest BCUT2D eigenvalue weighted by Crippen LogP contribution is 2.33. The van der Waals surface area contributed by atoms with Crippen LogP contribution in [0.4, 0.5) is 0 Å². The Bertz CT molecular complexity index is 832. The van der Waals surface area contributed by atoms with Gasteiger partial charge in [0.15, 0.2) is 0 Å². The van der Waals surface area contributed by atoms with E-state index in [2.05, 4.69) is 35.1 Å². The zero-order valence-electron chi connectivity index (χ0n) is 15.0. The highest BCUT2D eigenvalue weighted by atomic mass is 16.5. The maximum Gasteiger partial charge on any atom is 0.325 e. The molecule has 0 spiro atoms.